The van der Waals surface area contributed by atoms with Crippen molar-refractivity contribution < 1.29 is 14.3 Å². The monoisotopic (exact) mass is 490 g/mol. The SMILES string of the molecule is COc1ccc2nc(N3C[C@@H](C)N(C(=O)OC4CCN(Cc5ccncc5)CC4)C[C@@H]3C)cnc2c1. The second kappa shape index (κ2) is 10.7. The number of nitrogens with zero attached hydrogens (tertiary/aromatic N) is 6. The van der Waals surface area contributed by atoms with E-state index in [0.29, 0.717) is 13.1 Å². The van der Waals surface area contributed by atoms with Crippen LogP contribution in [0.5, 0.6) is 5.75 Å². The average molecular weight is 491 g/mol. The molecule has 2 aliphatic rings. The molecule has 1 aromatic carbocycles. The number of hydrogen-bond acceptors (Lipinski definition) is 8. The Hall–Kier alpha value is -3.46. The lowest BCUT2D eigenvalue weighted by Gasteiger charge is -2.44. The summed E-state index contributed by atoms with van der Waals surface area (Å²) in [6, 6.07) is 9.91. The fourth-order valence-electron chi connectivity index (χ4n) is 5.09. The Bertz CT molecular complexity index is 1180. The van der Waals surface area contributed by atoms with Crippen molar-refractivity contribution in [1.29, 1.82) is 0 Å². The number of carbonyl (C=O) groups is 1. The molecule has 9 heteroatoms. The van der Waals surface area contributed by atoms with Crippen LogP contribution >= 0.6 is 0 Å². The second-order valence-electron chi connectivity index (χ2n) is 9.80. The van der Waals surface area contributed by atoms with Crippen molar-refractivity contribution in [2.24, 2.45) is 0 Å². The summed E-state index contributed by atoms with van der Waals surface area (Å²) in [7, 11) is 1.64. The first kappa shape index (κ1) is 24.2. The zero-order valence-electron chi connectivity index (χ0n) is 21.2. The van der Waals surface area contributed by atoms with Gasteiger partial charge in [-0.2, -0.15) is 0 Å². The van der Waals surface area contributed by atoms with E-state index in [0.717, 1.165) is 55.1 Å². The number of ether oxygens (including phenoxy) is 2. The number of benzene rings is 1. The molecule has 0 radical (unpaired) electrons. The Kier molecular flexibility index (Phi) is 7.18. The van der Waals surface area contributed by atoms with Gasteiger partial charge in [0, 0.05) is 63.3 Å². The zero-order valence-corrected chi connectivity index (χ0v) is 21.2. The highest BCUT2D eigenvalue weighted by Crippen LogP contribution is 2.26. The number of rotatable bonds is 5. The van der Waals surface area contributed by atoms with Gasteiger partial charge in [0.1, 0.15) is 17.7 Å². The quantitative estimate of drug-likeness (QED) is 0.535. The number of anilines is 1. The number of aromatic nitrogens is 3. The van der Waals surface area contributed by atoms with Crippen molar-refractivity contribution in [2.75, 3.05) is 38.2 Å². The predicted molar refractivity (Wildman–Crippen MR) is 138 cm³/mol. The molecule has 2 aliphatic heterocycles. The largest absolute Gasteiger partial charge is 0.497 e. The maximum atomic E-state index is 13.1. The van der Waals surface area contributed by atoms with Gasteiger partial charge in [-0.05, 0) is 56.5 Å². The van der Waals surface area contributed by atoms with Crippen LogP contribution in [0, 0.1) is 0 Å². The number of amides is 1. The second-order valence-corrected chi connectivity index (χ2v) is 9.80. The van der Waals surface area contributed by atoms with Gasteiger partial charge in [0.15, 0.2) is 0 Å². The maximum absolute atomic E-state index is 13.1. The smallest absolute Gasteiger partial charge is 0.410 e. The van der Waals surface area contributed by atoms with E-state index in [1.54, 1.807) is 13.3 Å². The molecule has 2 fully saturated rings. The summed E-state index contributed by atoms with van der Waals surface area (Å²) in [5.74, 6) is 1.58. The topological polar surface area (TPSA) is 83.9 Å². The average Bonchev–Trinajstić information content (AvgIpc) is 2.90. The Balaban J connectivity index is 1.15. The molecular weight excluding hydrogens is 456 g/mol. The minimum atomic E-state index is -0.210. The highest BCUT2D eigenvalue weighted by molar-refractivity contribution is 5.77. The van der Waals surface area contributed by atoms with E-state index in [2.05, 4.69) is 45.7 Å². The van der Waals surface area contributed by atoms with E-state index in [4.69, 9.17) is 14.5 Å². The van der Waals surface area contributed by atoms with Gasteiger partial charge in [0.25, 0.3) is 0 Å². The highest BCUT2D eigenvalue weighted by atomic mass is 16.6. The molecule has 0 unspecified atom stereocenters. The molecule has 36 heavy (non-hydrogen) atoms. The molecule has 0 spiro atoms. The molecule has 0 saturated carbocycles. The van der Waals surface area contributed by atoms with Gasteiger partial charge in [-0.1, -0.05) is 0 Å². The molecule has 2 saturated heterocycles. The van der Waals surface area contributed by atoms with E-state index in [1.807, 2.05) is 35.5 Å². The van der Waals surface area contributed by atoms with Crippen LogP contribution in [0.15, 0.2) is 48.9 Å². The first-order chi connectivity index (χ1) is 17.5. The predicted octanol–water partition coefficient (Wildman–Crippen LogP) is 3.73. The van der Waals surface area contributed by atoms with Crippen molar-refractivity contribution >= 4 is 22.9 Å². The van der Waals surface area contributed by atoms with Crippen molar-refractivity contribution in [1.82, 2.24) is 24.8 Å². The molecule has 4 heterocycles. The van der Waals surface area contributed by atoms with Gasteiger partial charge in [-0.25, -0.2) is 9.78 Å². The fourth-order valence-corrected chi connectivity index (χ4v) is 5.09. The summed E-state index contributed by atoms with van der Waals surface area (Å²) < 4.78 is 11.2. The molecule has 2 atom stereocenters. The van der Waals surface area contributed by atoms with Crippen LogP contribution < -0.4 is 9.64 Å². The van der Waals surface area contributed by atoms with Crippen LogP contribution in [-0.2, 0) is 11.3 Å². The Labute approximate surface area is 212 Å². The number of pyridine rings is 1. The molecule has 0 bridgehead atoms. The number of fused-ring (bicyclic) bond motifs is 1. The number of carbonyl (C=O) groups excluding carboxylic acids is 1. The van der Waals surface area contributed by atoms with Crippen molar-refractivity contribution in [3.8, 4) is 5.75 Å². The van der Waals surface area contributed by atoms with Crippen molar-refractivity contribution in [3.63, 3.8) is 0 Å². The number of methoxy groups -OCH3 is 1. The lowest BCUT2D eigenvalue weighted by Crippen LogP contribution is -2.59. The number of hydrogen-bond donors (Lipinski definition) is 0. The maximum Gasteiger partial charge on any atom is 0.410 e. The van der Waals surface area contributed by atoms with E-state index in [1.165, 1.54) is 5.56 Å². The summed E-state index contributed by atoms with van der Waals surface area (Å²) in [6.07, 6.45) is 6.94. The van der Waals surface area contributed by atoms with Gasteiger partial charge in [0.2, 0.25) is 0 Å². The molecule has 5 rings (SSSR count). The van der Waals surface area contributed by atoms with E-state index < -0.39 is 0 Å². The first-order valence-corrected chi connectivity index (χ1v) is 12.7. The number of piperidine rings is 1. The lowest BCUT2D eigenvalue weighted by atomic mass is 10.1. The van der Waals surface area contributed by atoms with Gasteiger partial charge in [-0.3, -0.25) is 14.9 Å². The normalized spacial score (nSPS) is 21.5. The third kappa shape index (κ3) is 5.36. The standard InChI is InChI=1S/C27H34N6O3/c1-19-17-33(27(34)36-22-8-12-31(13-9-22)18-21-6-10-28-11-7-21)20(2)16-32(19)26-15-29-25-14-23(35-3)4-5-24(25)30-26/h4-7,10-11,14-15,19-20,22H,8-9,12-13,16-18H2,1-3H3/t19-,20+/m0/s1. The minimum absolute atomic E-state index is 0.00819. The molecule has 0 aliphatic carbocycles. The summed E-state index contributed by atoms with van der Waals surface area (Å²) in [6.45, 7) is 8.20. The van der Waals surface area contributed by atoms with Crippen LogP contribution in [0.1, 0.15) is 32.3 Å². The molecule has 0 N–H and O–H groups in total. The zero-order chi connectivity index (χ0) is 25.1. The number of likely N-dealkylation sites (tertiary alicyclic amines) is 1. The minimum Gasteiger partial charge on any atom is -0.497 e. The van der Waals surface area contributed by atoms with Crippen LogP contribution in [0.3, 0.4) is 0 Å². The molecule has 2 aromatic heterocycles. The third-order valence-corrected chi connectivity index (χ3v) is 7.21. The van der Waals surface area contributed by atoms with Crippen LogP contribution in [-0.4, -0.2) is 82.3 Å². The summed E-state index contributed by atoms with van der Waals surface area (Å²) >= 11 is 0. The fraction of sp³-hybridized carbons (Fsp3) is 0.481. The van der Waals surface area contributed by atoms with E-state index in [-0.39, 0.29) is 24.3 Å². The Morgan fingerprint density at radius 2 is 1.81 bits per heavy atom. The molecule has 1 amide bonds. The van der Waals surface area contributed by atoms with Gasteiger partial charge in [-0.15, -0.1) is 0 Å². The lowest BCUT2D eigenvalue weighted by molar-refractivity contribution is 0.0166. The Morgan fingerprint density at radius 1 is 1.03 bits per heavy atom. The molecular formula is C27H34N6O3. The van der Waals surface area contributed by atoms with Crippen LogP contribution in [0.25, 0.3) is 11.0 Å². The van der Waals surface area contributed by atoms with Crippen molar-refractivity contribution in [3.05, 3.63) is 54.5 Å². The van der Waals surface area contributed by atoms with Gasteiger partial charge >= 0.3 is 6.09 Å². The van der Waals surface area contributed by atoms with Crippen molar-refractivity contribution in [2.45, 2.75) is 51.4 Å². The summed E-state index contributed by atoms with van der Waals surface area (Å²) in [5.41, 5.74) is 2.88. The molecule has 9 nitrogen and oxygen atoms in total. The Morgan fingerprint density at radius 3 is 2.56 bits per heavy atom. The molecule has 190 valence electrons. The van der Waals surface area contributed by atoms with E-state index >= 15 is 0 Å². The van der Waals surface area contributed by atoms with Crippen LogP contribution in [0.4, 0.5) is 10.6 Å². The molecule has 3 aromatic rings. The van der Waals surface area contributed by atoms with Gasteiger partial charge in [0.05, 0.1) is 24.3 Å². The summed E-state index contributed by atoms with van der Waals surface area (Å²) in [5, 5.41) is 0. The first-order valence-electron chi connectivity index (χ1n) is 12.7. The van der Waals surface area contributed by atoms with Crippen LogP contribution in [0.2, 0.25) is 0 Å². The highest BCUT2D eigenvalue weighted by Gasteiger charge is 2.35. The van der Waals surface area contributed by atoms with E-state index in [9.17, 15) is 4.79 Å². The third-order valence-electron chi connectivity index (χ3n) is 7.21. The number of piperazine rings is 1. The summed E-state index contributed by atoms with van der Waals surface area (Å²) in [4.78, 5) is 33.1. The van der Waals surface area contributed by atoms with Gasteiger partial charge < -0.3 is 19.3 Å².